The highest BCUT2D eigenvalue weighted by atomic mass is 19.1. The van der Waals surface area contributed by atoms with E-state index in [1.165, 1.54) is 19.2 Å². The van der Waals surface area contributed by atoms with Gasteiger partial charge in [0.15, 0.2) is 0 Å². The standard InChI is InChI=1S/C25H22FNO4/c1-16-5-3-4-6-21(16)31-23-22(18-9-11-19(12-10-18)25(29)30-2)27(24(23)28)15-17-7-13-20(26)14-8-17/h3-14,22-23H,15H2,1-2H3/t22-,23-/m1/s1. The first-order valence-corrected chi connectivity index (χ1v) is 9.93. The maximum atomic E-state index is 13.3. The van der Waals surface area contributed by atoms with Crippen molar-refractivity contribution in [1.29, 1.82) is 0 Å². The highest BCUT2D eigenvalue weighted by Gasteiger charge is 2.50. The molecule has 6 heteroatoms. The molecule has 0 spiro atoms. The van der Waals surface area contributed by atoms with Gasteiger partial charge in [-0.15, -0.1) is 0 Å². The third-order valence-corrected chi connectivity index (χ3v) is 5.44. The van der Waals surface area contributed by atoms with Gasteiger partial charge in [-0.3, -0.25) is 4.79 Å². The van der Waals surface area contributed by atoms with Crippen molar-refractivity contribution < 1.29 is 23.5 Å². The van der Waals surface area contributed by atoms with Crippen molar-refractivity contribution in [3.8, 4) is 5.75 Å². The Labute approximate surface area is 180 Å². The minimum Gasteiger partial charge on any atom is -0.478 e. The molecular weight excluding hydrogens is 397 g/mol. The molecule has 1 fully saturated rings. The quantitative estimate of drug-likeness (QED) is 0.438. The lowest BCUT2D eigenvalue weighted by Crippen LogP contribution is -2.60. The van der Waals surface area contributed by atoms with Crippen LogP contribution in [0.15, 0.2) is 72.8 Å². The molecule has 2 atom stereocenters. The molecule has 3 aromatic rings. The molecule has 1 aliphatic heterocycles. The molecule has 1 saturated heterocycles. The molecule has 1 heterocycles. The van der Waals surface area contributed by atoms with Gasteiger partial charge in [0.2, 0.25) is 6.10 Å². The third-order valence-electron chi connectivity index (χ3n) is 5.44. The second-order valence-electron chi connectivity index (χ2n) is 7.45. The van der Waals surface area contributed by atoms with Crippen LogP contribution < -0.4 is 4.74 Å². The first-order valence-electron chi connectivity index (χ1n) is 9.93. The van der Waals surface area contributed by atoms with Crippen LogP contribution in [0.3, 0.4) is 0 Å². The van der Waals surface area contributed by atoms with E-state index in [0.717, 1.165) is 16.7 Å². The number of amides is 1. The van der Waals surface area contributed by atoms with E-state index in [2.05, 4.69) is 0 Å². The lowest BCUT2D eigenvalue weighted by molar-refractivity contribution is -0.165. The Kier molecular flexibility index (Phi) is 5.71. The zero-order valence-electron chi connectivity index (χ0n) is 17.2. The fourth-order valence-electron chi connectivity index (χ4n) is 3.71. The van der Waals surface area contributed by atoms with Crippen LogP contribution in [0, 0.1) is 12.7 Å². The molecule has 0 saturated carbocycles. The number of rotatable bonds is 6. The summed E-state index contributed by atoms with van der Waals surface area (Å²) in [5.41, 5.74) is 3.03. The first-order chi connectivity index (χ1) is 15.0. The van der Waals surface area contributed by atoms with Gasteiger partial charge in [-0.05, 0) is 53.9 Å². The van der Waals surface area contributed by atoms with E-state index in [1.807, 2.05) is 31.2 Å². The second kappa shape index (κ2) is 8.60. The Morgan fingerprint density at radius 1 is 1.00 bits per heavy atom. The number of halogens is 1. The fourth-order valence-corrected chi connectivity index (χ4v) is 3.71. The largest absolute Gasteiger partial charge is 0.478 e. The van der Waals surface area contributed by atoms with E-state index in [4.69, 9.17) is 9.47 Å². The van der Waals surface area contributed by atoms with E-state index >= 15 is 0 Å². The number of hydrogen-bond acceptors (Lipinski definition) is 4. The number of para-hydroxylation sites is 1. The Balaban J connectivity index is 1.63. The molecule has 1 amide bonds. The third kappa shape index (κ3) is 4.14. The predicted octanol–water partition coefficient (Wildman–Crippen LogP) is 4.45. The number of likely N-dealkylation sites (tertiary alicyclic amines) is 1. The highest BCUT2D eigenvalue weighted by molar-refractivity contribution is 5.90. The van der Waals surface area contributed by atoms with Gasteiger partial charge in [0, 0.05) is 6.54 Å². The number of ether oxygens (including phenoxy) is 2. The maximum absolute atomic E-state index is 13.3. The number of aryl methyl sites for hydroxylation is 1. The highest BCUT2D eigenvalue weighted by Crippen LogP contribution is 2.39. The maximum Gasteiger partial charge on any atom is 0.337 e. The van der Waals surface area contributed by atoms with Crippen LogP contribution in [-0.4, -0.2) is 30.0 Å². The Morgan fingerprint density at radius 3 is 2.32 bits per heavy atom. The predicted molar refractivity (Wildman–Crippen MR) is 113 cm³/mol. The second-order valence-corrected chi connectivity index (χ2v) is 7.45. The van der Waals surface area contributed by atoms with Crippen molar-refractivity contribution >= 4 is 11.9 Å². The summed E-state index contributed by atoms with van der Waals surface area (Å²) < 4.78 is 24.1. The SMILES string of the molecule is COC(=O)c1ccc([C@@H]2[C@@H](Oc3ccccc3C)C(=O)N2Cc2ccc(F)cc2)cc1. The van der Waals surface area contributed by atoms with Gasteiger partial charge in [-0.2, -0.15) is 0 Å². The molecule has 0 N–H and O–H groups in total. The minimum absolute atomic E-state index is 0.144. The molecule has 31 heavy (non-hydrogen) atoms. The van der Waals surface area contributed by atoms with E-state index in [-0.39, 0.29) is 17.8 Å². The number of carbonyl (C=O) groups is 2. The number of hydrogen-bond donors (Lipinski definition) is 0. The van der Waals surface area contributed by atoms with Gasteiger partial charge in [0.25, 0.3) is 5.91 Å². The number of carbonyl (C=O) groups excluding carboxylic acids is 2. The average molecular weight is 419 g/mol. The van der Waals surface area contributed by atoms with Crippen LogP contribution in [0.1, 0.15) is 33.1 Å². The van der Waals surface area contributed by atoms with Crippen LogP contribution in [0.2, 0.25) is 0 Å². The molecule has 3 aromatic carbocycles. The number of nitrogens with zero attached hydrogens (tertiary/aromatic N) is 1. The average Bonchev–Trinajstić information content (AvgIpc) is 2.80. The Hall–Kier alpha value is -3.67. The molecule has 158 valence electrons. The molecule has 5 nitrogen and oxygen atoms in total. The summed E-state index contributed by atoms with van der Waals surface area (Å²) in [6, 6.07) is 20.2. The van der Waals surface area contributed by atoms with Crippen molar-refractivity contribution in [3.05, 3.63) is 101 Å². The summed E-state index contributed by atoms with van der Waals surface area (Å²) >= 11 is 0. The monoisotopic (exact) mass is 419 g/mol. The minimum atomic E-state index is -0.689. The van der Waals surface area contributed by atoms with Gasteiger partial charge < -0.3 is 14.4 Å². The summed E-state index contributed by atoms with van der Waals surface area (Å²) in [7, 11) is 1.33. The lowest BCUT2D eigenvalue weighted by Gasteiger charge is -2.47. The number of esters is 1. The van der Waals surface area contributed by atoms with Crippen LogP contribution in [0.4, 0.5) is 4.39 Å². The van der Waals surface area contributed by atoms with Crippen LogP contribution in [0.25, 0.3) is 0 Å². The normalized spacial score (nSPS) is 17.8. The van der Waals surface area contributed by atoms with Crippen molar-refractivity contribution in [1.82, 2.24) is 4.90 Å². The van der Waals surface area contributed by atoms with Gasteiger partial charge in [-0.1, -0.05) is 42.5 Å². The van der Waals surface area contributed by atoms with Crippen LogP contribution in [0.5, 0.6) is 5.75 Å². The van der Waals surface area contributed by atoms with Crippen molar-refractivity contribution in [2.75, 3.05) is 7.11 Å². The van der Waals surface area contributed by atoms with Crippen molar-refractivity contribution in [2.24, 2.45) is 0 Å². The van der Waals surface area contributed by atoms with Crippen molar-refractivity contribution in [3.63, 3.8) is 0 Å². The van der Waals surface area contributed by atoms with E-state index < -0.39 is 12.1 Å². The van der Waals surface area contributed by atoms with E-state index in [1.54, 1.807) is 41.3 Å². The lowest BCUT2D eigenvalue weighted by atomic mass is 9.89. The molecule has 0 unspecified atom stereocenters. The van der Waals surface area contributed by atoms with Gasteiger partial charge in [0.1, 0.15) is 17.6 Å². The molecule has 0 radical (unpaired) electrons. The summed E-state index contributed by atoms with van der Waals surface area (Å²) in [4.78, 5) is 26.5. The Morgan fingerprint density at radius 2 is 1.68 bits per heavy atom. The summed E-state index contributed by atoms with van der Waals surface area (Å²) in [6.07, 6.45) is -0.689. The van der Waals surface area contributed by atoms with Crippen LogP contribution >= 0.6 is 0 Å². The van der Waals surface area contributed by atoms with E-state index in [0.29, 0.717) is 17.9 Å². The summed E-state index contributed by atoms with van der Waals surface area (Å²) in [5, 5.41) is 0. The molecular formula is C25H22FNO4. The fraction of sp³-hybridized carbons (Fsp3) is 0.200. The molecule has 0 aliphatic carbocycles. The summed E-state index contributed by atoms with van der Waals surface area (Å²) in [6.45, 7) is 2.26. The van der Waals surface area contributed by atoms with Crippen molar-refractivity contribution in [2.45, 2.75) is 25.6 Å². The van der Waals surface area contributed by atoms with Gasteiger partial charge in [0.05, 0.1) is 12.7 Å². The number of methoxy groups -OCH3 is 1. The molecule has 0 aromatic heterocycles. The molecule has 0 bridgehead atoms. The topological polar surface area (TPSA) is 55.8 Å². The summed E-state index contributed by atoms with van der Waals surface area (Å²) in [5.74, 6) is -0.241. The molecule has 1 aliphatic rings. The van der Waals surface area contributed by atoms with Crippen LogP contribution in [-0.2, 0) is 16.1 Å². The van der Waals surface area contributed by atoms with Gasteiger partial charge in [-0.25, -0.2) is 9.18 Å². The molecule has 4 rings (SSSR count). The van der Waals surface area contributed by atoms with E-state index in [9.17, 15) is 14.0 Å². The van der Waals surface area contributed by atoms with Gasteiger partial charge >= 0.3 is 5.97 Å². The Bertz CT molecular complexity index is 1100. The number of benzene rings is 3. The smallest absolute Gasteiger partial charge is 0.337 e. The zero-order valence-corrected chi connectivity index (χ0v) is 17.2. The first kappa shape index (κ1) is 20.6. The zero-order chi connectivity index (χ0) is 22.0. The number of β-lactam (4-membered cyclic amide) rings is 1.